The second-order valence-corrected chi connectivity index (χ2v) is 0.900. The molecule has 0 N–H and O–H groups in total. The van der Waals surface area contributed by atoms with Crippen LogP contribution in [0, 0.1) is 0 Å². The predicted octanol–water partition coefficient (Wildman–Crippen LogP) is 2.26. The van der Waals surface area contributed by atoms with Crippen molar-refractivity contribution < 1.29 is 9.09 Å². The molecule has 7 heavy (non-hydrogen) atoms. The molecular formula is C4H11O2P. The fraction of sp³-hybridized carbons (Fsp3) is 1.00. The fourth-order valence-corrected chi connectivity index (χ4v) is 0.158. The van der Waals surface area contributed by atoms with Gasteiger partial charge in [-0.2, -0.15) is 0 Å². The largest absolute Gasteiger partial charge is 0.327 e. The van der Waals surface area contributed by atoms with Crippen LogP contribution in [0.4, 0.5) is 0 Å². The molecule has 0 bridgehead atoms. The van der Waals surface area contributed by atoms with Crippen LogP contribution in [0.1, 0.15) is 20.8 Å². The molecule has 0 heterocycles. The first-order valence-electron chi connectivity index (χ1n) is 2.36. The Labute approximate surface area is 46.2 Å². The lowest BCUT2D eigenvalue weighted by Gasteiger charge is -1.72. The van der Waals surface area contributed by atoms with Crippen LogP contribution in [-0.4, -0.2) is 6.61 Å². The highest BCUT2D eigenvalue weighted by atomic mass is 31.1. The van der Waals surface area contributed by atoms with Gasteiger partial charge in [0.2, 0.25) is 0 Å². The summed E-state index contributed by atoms with van der Waals surface area (Å²) in [5.41, 5.74) is 0. The van der Waals surface area contributed by atoms with Gasteiger partial charge in [-0.3, -0.25) is 4.52 Å². The lowest BCUT2D eigenvalue weighted by atomic mass is 10.9. The van der Waals surface area contributed by atoms with E-state index in [2.05, 4.69) is 4.52 Å². The average Bonchev–Trinajstić information content (AvgIpc) is 1.75. The van der Waals surface area contributed by atoms with Crippen LogP contribution >= 0.6 is 8.69 Å². The van der Waals surface area contributed by atoms with Gasteiger partial charge < -0.3 is 0 Å². The number of hydrogen-bond donors (Lipinski definition) is 0. The van der Waals surface area contributed by atoms with E-state index in [9.17, 15) is 4.57 Å². The molecule has 0 saturated heterocycles. The minimum absolute atomic E-state index is 0.220. The summed E-state index contributed by atoms with van der Waals surface area (Å²) >= 11 is 0. The molecule has 0 rings (SSSR count). The normalized spacial score (nSPS) is 7.29. The van der Waals surface area contributed by atoms with E-state index in [1.807, 2.05) is 13.8 Å². The summed E-state index contributed by atoms with van der Waals surface area (Å²) in [4.78, 5) is 0. The van der Waals surface area contributed by atoms with E-state index >= 15 is 0 Å². The van der Waals surface area contributed by atoms with Crippen molar-refractivity contribution in [1.82, 2.24) is 0 Å². The van der Waals surface area contributed by atoms with Gasteiger partial charge in [0, 0.05) is 0 Å². The van der Waals surface area contributed by atoms with Gasteiger partial charge in [-0.15, -0.1) is 0 Å². The molecule has 0 aromatic rings. The molecule has 0 spiro atoms. The first-order chi connectivity index (χ1) is 3.41. The van der Waals surface area contributed by atoms with Crippen molar-refractivity contribution in [2.75, 3.05) is 6.61 Å². The van der Waals surface area contributed by atoms with Gasteiger partial charge in [0.15, 0.2) is 0 Å². The van der Waals surface area contributed by atoms with E-state index in [0.29, 0.717) is 6.61 Å². The highest BCUT2D eigenvalue weighted by molar-refractivity contribution is 7.17. The van der Waals surface area contributed by atoms with Gasteiger partial charge >= 0.3 is 8.69 Å². The standard InChI is InChI=1S/C2H5O2P.C2H6/c1-2-4-5-3;1-2/h2H2,1H3;1-2H3. The van der Waals surface area contributed by atoms with Gasteiger partial charge in [-0.05, 0) is 6.92 Å². The summed E-state index contributed by atoms with van der Waals surface area (Å²) in [5.74, 6) is 0. The third kappa shape index (κ3) is 23.5. The Bertz CT molecular complexity index is 30.9. The summed E-state index contributed by atoms with van der Waals surface area (Å²) in [5, 5.41) is 0. The third-order valence-electron chi connectivity index (χ3n) is 0.182. The highest BCUT2D eigenvalue weighted by Crippen LogP contribution is 1.89. The zero-order chi connectivity index (χ0) is 6.12. The molecule has 0 aliphatic carbocycles. The Morgan fingerprint density at radius 2 is 2.00 bits per heavy atom. The van der Waals surface area contributed by atoms with E-state index in [0.717, 1.165) is 0 Å². The lowest BCUT2D eigenvalue weighted by Crippen LogP contribution is -1.65. The lowest BCUT2D eigenvalue weighted by molar-refractivity contribution is 0.365. The molecule has 2 nitrogen and oxygen atoms in total. The van der Waals surface area contributed by atoms with Gasteiger partial charge in [-0.25, -0.2) is 4.57 Å². The van der Waals surface area contributed by atoms with Crippen LogP contribution in [0.5, 0.6) is 0 Å². The molecule has 44 valence electrons. The smallest absolute Gasteiger partial charge is 0.295 e. The summed E-state index contributed by atoms with van der Waals surface area (Å²) in [6, 6.07) is 0. The Balaban J connectivity index is 0. The molecule has 0 aliphatic heterocycles. The van der Waals surface area contributed by atoms with Crippen LogP contribution in [0.15, 0.2) is 0 Å². The van der Waals surface area contributed by atoms with E-state index in [1.54, 1.807) is 6.92 Å². The van der Waals surface area contributed by atoms with Crippen LogP contribution in [0.3, 0.4) is 0 Å². The highest BCUT2D eigenvalue weighted by Gasteiger charge is 1.65. The molecule has 0 aromatic carbocycles. The number of hydrogen-bond acceptors (Lipinski definition) is 2. The van der Waals surface area contributed by atoms with Crippen molar-refractivity contribution in [2.45, 2.75) is 20.8 Å². The molecule has 0 saturated carbocycles. The maximum Gasteiger partial charge on any atom is 0.327 e. The topological polar surface area (TPSA) is 26.3 Å². The van der Waals surface area contributed by atoms with Gasteiger partial charge in [0.05, 0.1) is 6.61 Å². The molecule has 0 radical (unpaired) electrons. The molecule has 0 aromatic heterocycles. The summed E-state index contributed by atoms with van der Waals surface area (Å²) in [6.45, 7) is 6.30. The van der Waals surface area contributed by atoms with Crippen LogP contribution in [0.25, 0.3) is 0 Å². The van der Waals surface area contributed by atoms with Gasteiger partial charge in [0.1, 0.15) is 0 Å². The SMILES string of the molecule is CC.CCOP=O. The van der Waals surface area contributed by atoms with E-state index in [4.69, 9.17) is 0 Å². The van der Waals surface area contributed by atoms with Crippen molar-refractivity contribution in [1.29, 1.82) is 0 Å². The van der Waals surface area contributed by atoms with Crippen molar-refractivity contribution >= 4 is 8.69 Å². The zero-order valence-corrected chi connectivity index (χ0v) is 5.87. The molecule has 0 fully saturated rings. The maximum absolute atomic E-state index is 9.28. The molecule has 0 aliphatic rings. The maximum atomic E-state index is 9.28. The Kier molecular flexibility index (Phi) is 24.0. The summed E-state index contributed by atoms with van der Waals surface area (Å²) < 4.78 is 13.5. The molecule has 0 atom stereocenters. The minimum Gasteiger partial charge on any atom is -0.295 e. The van der Waals surface area contributed by atoms with Crippen LogP contribution < -0.4 is 0 Å². The average molecular weight is 122 g/mol. The van der Waals surface area contributed by atoms with Crippen molar-refractivity contribution in [3.63, 3.8) is 0 Å². The zero-order valence-electron chi connectivity index (χ0n) is 4.97. The number of rotatable bonds is 2. The molecule has 0 amide bonds. The second-order valence-electron chi connectivity index (χ2n) is 0.492. The van der Waals surface area contributed by atoms with Crippen molar-refractivity contribution in [3.05, 3.63) is 0 Å². The van der Waals surface area contributed by atoms with E-state index < -0.39 is 0 Å². The first-order valence-corrected chi connectivity index (χ1v) is 3.09. The monoisotopic (exact) mass is 122 g/mol. The second kappa shape index (κ2) is 16.6. The third-order valence-corrected chi connectivity index (χ3v) is 0.545. The van der Waals surface area contributed by atoms with Gasteiger partial charge in [-0.1, -0.05) is 13.8 Å². The first kappa shape index (κ1) is 10.1. The van der Waals surface area contributed by atoms with E-state index in [1.165, 1.54) is 0 Å². The Hall–Kier alpha value is 0.0600. The van der Waals surface area contributed by atoms with Crippen molar-refractivity contribution in [2.24, 2.45) is 0 Å². The summed E-state index contributed by atoms with van der Waals surface area (Å²) in [7, 11) is -0.220. The molecule has 0 unspecified atom stereocenters. The molecule has 3 heteroatoms. The quantitative estimate of drug-likeness (QED) is 0.525. The molecular weight excluding hydrogens is 111 g/mol. The van der Waals surface area contributed by atoms with Crippen LogP contribution in [0.2, 0.25) is 0 Å². The minimum atomic E-state index is -0.220. The fourth-order valence-electron chi connectivity index (χ4n) is 0.0527. The predicted molar refractivity (Wildman–Crippen MR) is 30.6 cm³/mol. The Morgan fingerprint density at radius 1 is 1.57 bits per heavy atom. The van der Waals surface area contributed by atoms with E-state index in [-0.39, 0.29) is 8.69 Å². The van der Waals surface area contributed by atoms with Crippen LogP contribution in [-0.2, 0) is 9.09 Å². The Morgan fingerprint density at radius 3 is 2.00 bits per heavy atom. The summed E-state index contributed by atoms with van der Waals surface area (Å²) in [6.07, 6.45) is 0. The van der Waals surface area contributed by atoms with Gasteiger partial charge in [0.25, 0.3) is 0 Å². The van der Waals surface area contributed by atoms with Crippen molar-refractivity contribution in [3.8, 4) is 0 Å².